The molecule has 17 heavy (non-hydrogen) atoms. The molecule has 96 valence electrons. The lowest BCUT2D eigenvalue weighted by Gasteiger charge is -2.16. The van der Waals surface area contributed by atoms with Crippen LogP contribution in [0.15, 0.2) is 0 Å². The van der Waals surface area contributed by atoms with Crippen molar-refractivity contribution in [2.75, 3.05) is 11.1 Å². The van der Waals surface area contributed by atoms with Crippen LogP contribution in [0.25, 0.3) is 0 Å². The average molecular weight is 273 g/mol. The summed E-state index contributed by atoms with van der Waals surface area (Å²) in [7, 11) is 0. The highest BCUT2D eigenvalue weighted by Gasteiger charge is 2.15. The number of hydrogen-bond donors (Lipinski definition) is 1. The summed E-state index contributed by atoms with van der Waals surface area (Å²) >= 11 is 3.06. The molecule has 1 heterocycles. The van der Waals surface area contributed by atoms with E-state index in [2.05, 4.69) is 50.1 Å². The molecule has 1 N–H and O–H groups in total. The summed E-state index contributed by atoms with van der Waals surface area (Å²) in [6.07, 6.45) is 0. The van der Waals surface area contributed by atoms with Crippen LogP contribution in [0.2, 0.25) is 0 Å². The van der Waals surface area contributed by atoms with Gasteiger partial charge in [-0.2, -0.15) is 0 Å². The van der Waals surface area contributed by atoms with Crippen molar-refractivity contribution in [1.82, 2.24) is 10.2 Å². The maximum absolute atomic E-state index is 11.6. The molecule has 0 aliphatic rings. The van der Waals surface area contributed by atoms with E-state index in [9.17, 15) is 4.79 Å². The Morgan fingerprint density at radius 3 is 2.53 bits per heavy atom. The Morgan fingerprint density at radius 2 is 2.06 bits per heavy atom. The van der Waals surface area contributed by atoms with E-state index in [0.717, 1.165) is 5.01 Å². The fraction of sp³-hybridized carbons (Fsp3) is 0.727. The molecule has 0 aliphatic carbocycles. The Balaban J connectivity index is 2.45. The van der Waals surface area contributed by atoms with Gasteiger partial charge in [-0.25, -0.2) is 0 Å². The molecule has 1 rings (SSSR count). The number of hydrogen-bond acceptors (Lipinski definition) is 5. The maximum Gasteiger partial charge on any atom is 0.236 e. The number of amides is 1. The summed E-state index contributed by atoms with van der Waals surface area (Å²) < 4.78 is 0.0988. The molecule has 1 aromatic heterocycles. The van der Waals surface area contributed by atoms with Crippen LogP contribution in [0.1, 0.15) is 45.5 Å². The molecule has 0 saturated carbocycles. The highest BCUT2D eigenvalue weighted by Crippen LogP contribution is 2.25. The van der Waals surface area contributed by atoms with Crippen LogP contribution in [0, 0.1) is 0 Å². The van der Waals surface area contributed by atoms with Gasteiger partial charge in [0.1, 0.15) is 5.01 Å². The molecule has 0 fully saturated rings. The zero-order valence-electron chi connectivity index (χ0n) is 10.9. The highest BCUT2D eigenvalue weighted by molar-refractivity contribution is 8.01. The molecular weight excluding hydrogens is 254 g/mol. The van der Waals surface area contributed by atoms with E-state index in [-0.39, 0.29) is 10.7 Å². The Hall–Kier alpha value is -0.620. The third kappa shape index (κ3) is 5.50. The van der Waals surface area contributed by atoms with Crippen LogP contribution >= 0.6 is 23.1 Å². The van der Waals surface area contributed by atoms with Crippen LogP contribution in [-0.2, 0) is 4.79 Å². The topological polar surface area (TPSA) is 54.9 Å². The fourth-order valence-corrected chi connectivity index (χ4v) is 2.35. The lowest BCUT2D eigenvalue weighted by molar-refractivity contribution is -0.113. The minimum atomic E-state index is -0.0172. The predicted octanol–water partition coefficient (Wildman–Crippen LogP) is 3.13. The van der Waals surface area contributed by atoms with Crippen LogP contribution in [-0.4, -0.2) is 26.6 Å². The van der Waals surface area contributed by atoms with Crippen molar-refractivity contribution in [3.05, 3.63) is 5.01 Å². The highest BCUT2D eigenvalue weighted by atomic mass is 32.2. The Morgan fingerprint density at radius 1 is 1.41 bits per heavy atom. The van der Waals surface area contributed by atoms with Gasteiger partial charge < -0.3 is 0 Å². The van der Waals surface area contributed by atoms with Gasteiger partial charge in [0.05, 0.1) is 5.75 Å². The summed E-state index contributed by atoms with van der Waals surface area (Å²) in [4.78, 5) is 11.6. The minimum Gasteiger partial charge on any atom is -0.300 e. The molecule has 0 spiro atoms. The fourth-order valence-electron chi connectivity index (χ4n) is 0.956. The van der Waals surface area contributed by atoms with Crippen LogP contribution < -0.4 is 5.32 Å². The lowest BCUT2D eigenvalue weighted by Crippen LogP contribution is -2.18. The van der Waals surface area contributed by atoms with Gasteiger partial charge >= 0.3 is 0 Å². The number of aromatic nitrogens is 2. The molecule has 0 bridgehead atoms. The van der Waals surface area contributed by atoms with Gasteiger partial charge in [-0.15, -0.1) is 22.0 Å². The molecule has 0 unspecified atom stereocenters. The number of carbonyl (C=O) groups is 1. The van der Waals surface area contributed by atoms with Gasteiger partial charge in [0.15, 0.2) is 0 Å². The first kappa shape index (κ1) is 14.4. The molecule has 6 heteroatoms. The predicted molar refractivity (Wildman–Crippen MR) is 74.8 cm³/mol. The van der Waals surface area contributed by atoms with Crippen LogP contribution in [0.4, 0.5) is 5.13 Å². The Bertz CT molecular complexity index is 382. The number of thioether (sulfide) groups is 1. The van der Waals surface area contributed by atoms with Crippen molar-refractivity contribution in [1.29, 1.82) is 0 Å². The van der Waals surface area contributed by atoms with Gasteiger partial charge in [-0.1, -0.05) is 46.0 Å². The third-order valence-electron chi connectivity index (χ3n) is 1.82. The van der Waals surface area contributed by atoms with E-state index in [1.165, 1.54) is 11.3 Å². The lowest BCUT2D eigenvalue weighted by atomic mass is 10.2. The Kier molecular flexibility index (Phi) is 4.94. The van der Waals surface area contributed by atoms with Gasteiger partial charge in [-0.3, -0.25) is 10.1 Å². The first-order valence-corrected chi connectivity index (χ1v) is 7.35. The number of anilines is 1. The van der Waals surface area contributed by atoms with Crippen molar-refractivity contribution >= 4 is 34.1 Å². The first-order valence-electron chi connectivity index (χ1n) is 5.55. The molecule has 0 radical (unpaired) electrons. The summed E-state index contributed by atoms with van der Waals surface area (Å²) in [5, 5.41) is 12.3. The molecule has 0 aromatic carbocycles. The molecular formula is C11H19N3OS2. The van der Waals surface area contributed by atoms with E-state index in [1.54, 1.807) is 11.8 Å². The quantitative estimate of drug-likeness (QED) is 0.915. The molecule has 0 saturated heterocycles. The number of nitrogens with zero attached hydrogens (tertiary/aromatic N) is 2. The first-order chi connectivity index (χ1) is 7.78. The van der Waals surface area contributed by atoms with E-state index in [0.29, 0.717) is 16.8 Å². The summed E-state index contributed by atoms with van der Waals surface area (Å²) in [5.41, 5.74) is 0. The standard InChI is InChI=1S/C11H19N3OS2/c1-7(2)9-13-14-10(17-9)12-8(15)6-16-11(3,4)5/h7H,6H2,1-5H3,(H,12,14,15). The second-order valence-electron chi connectivity index (χ2n) is 5.05. The van der Waals surface area contributed by atoms with E-state index < -0.39 is 0 Å². The van der Waals surface area contributed by atoms with Crippen LogP contribution in [0.5, 0.6) is 0 Å². The van der Waals surface area contributed by atoms with Gasteiger partial charge in [-0.05, 0) is 0 Å². The van der Waals surface area contributed by atoms with Crippen LogP contribution in [0.3, 0.4) is 0 Å². The second-order valence-corrected chi connectivity index (χ2v) is 7.86. The van der Waals surface area contributed by atoms with Crippen molar-refractivity contribution in [3.8, 4) is 0 Å². The summed E-state index contributed by atoms with van der Waals surface area (Å²) in [6, 6.07) is 0. The largest absolute Gasteiger partial charge is 0.300 e. The third-order valence-corrected chi connectivity index (χ3v) is 4.23. The van der Waals surface area contributed by atoms with Crippen molar-refractivity contribution in [2.24, 2.45) is 0 Å². The van der Waals surface area contributed by atoms with Crippen molar-refractivity contribution in [2.45, 2.75) is 45.3 Å². The molecule has 4 nitrogen and oxygen atoms in total. The van der Waals surface area contributed by atoms with E-state index >= 15 is 0 Å². The maximum atomic E-state index is 11.6. The summed E-state index contributed by atoms with van der Waals surface area (Å²) in [5.74, 6) is 0.776. The molecule has 0 atom stereocenters. The van der Waals surface area contributed by atoms with Crippen molar-refractivity contribution in [3.63, 3.8) is 0 Å². The number of rotatable bonds is 4. The van der Waals surface area contributed by atoms with Gasteiger partial charge in [0.25, 0.3) is 0 Å². The van der Waals surface area contributed by atoms with E-state index in [4.69, 9.17) is 0 Å². The smallest absolute Gasteiger partial charge is 0.236 e. The van der Waals surface area contributed by atoms with E-state index in [1.807, 2.05) is 0 Å². The normalized spacial score (nSPS) is 11.9. The molecule has 1 amide bonds. The summed E-state index contributed by atoms with van der Waals surface area (Å²) in [6.45, 7) is 10.4. The van der Waals surface area contributed by atoms with Gasteiger partial charge in [0, 0.05) is 10.7 Å². The molecule has 1 aromatic rings. The number of nitrogens with one attached hydrogen (secondary N) is 1. The SMILES string of the molecule is CC(C)c1nnc(NC(=O)CSC(C)(C)C)s1. The molecule has 0 aliphatic heterocycles. The number of carbonyl (C=O) groups excluding carboxylic acids is 1. The monoisotopic (exact) mass is 273 g/mol. The zero-order valence-corrected chi connectivity index (χ0v) is 12.5. The van der Waals surface area contributed by atoms with Gasteiger partial charge in [0.2, 0.25) is 11.0 Å². The van der Waals surface area contributed by atoms with Crippen molar-refractivity contribution < 1.29 is 4.79 Å². The average Bonchev–Trinajstić information content (AvgIpc) is 2.62. The minimum absolute atomic E-state index is 0.0172. The Labute approximate surface area is 111 Å². The second kappa shape index (κ2) is 5.82. The zero-order chi connectivity index (χ0) is 13.1.